The van der Waals surface area contributed by atoms with Gasteiger partial charge in [-0.2, -0.15) is 5.26 Å². The molecule has 1 aliphatic heterocycles. The highest BCUT2D eigenvalue weighted by atomic mass is 35.5. The molecule has 3 nitrogen and oxygen atoms in total. The molecular formula is C9H8ClN3. The van der Waals surface area contributed by atoms with Gasteiger partial charge < -0.3 is 4.90 Å². The minimum absolute atomic E-state index is 0.137. The van der Waals surface area contributed by atoms with E-state index in [2.05, 4.69) is 11.1 Å². The molecular weight excluding hydrogens is 186 g/mol. The molecule has 13 heavy (non-hydrogen) atoms. The van der Waals surface area contributed by atoms with Gasteiger partial charge in [0, 0.05) is 19.3 Å². The van der Waals surface area contributed by atoms with Crippen molar-refractivity contribution in [1.29, 1.82) is 5.26 Å². The summed E-state index contributed by atoms with van der Waals surface area (Å²) < 4.78 is 0. The zero-order chi connectivity index (χ0) is 9.26. The molecule has 0 radical (unpaired) electrons. The highest BCUT2D eigenvalue weighted by Crippen LogP contribution is 2.28. The highest BCUT2D eigenvalue weighted by Gasteiger charge is 2.28. The van der Waals surface area contributed by atoms with E-state index in [1.54, 1.807) is 12.3 Å². The maximum absolute atomic E-state index is 8.59. The Hall–Kier alpha value is -1.27. The van der Waals surface area contributed by atoms with Gasteiger partial charge in [0.05, 0.1) is 17.0 Å². The average Bonchev–Trinajstić information content (AvgIpc) is 2.06. The zero-order valence-corrected chi connectivity index (χ0v) is 7.70. The van der Waals surface area contributed by atoms with Crippen molar-refractivity contribution in [3.8, 4) is 6.07 Å². The third-order valence-electron chi connectivity index (χ3n) is 2.10. The summed E-state index contributed by atoms with van der Waals surface area (Å²) in [7, 11) is 0. The van der Waals surface area contributed by atoms with Crippen LogP contribution in [-0.2, 0) is 0 Å². The molecule has 0 saturated carbocycles. The number of nitrogens with zero attached hydrogens (tertiary/aromatic N) is 3. The molecule has 1 aromatic heterocycles. The van der Waals surface area contributed by atoms with Gasteiger partial charge in [-0.25, -0.2) is 4.98 Å². The second-order valence-electron chi connectivity index (χ2n) is 3.04. The summed E-state index contributed by atoms with van der Waals surface area (Å²) >= 11 is 5.94. The van der Waals surface area contributed by atoms with Crippen LogP contribution in [0.1, 0.15) is 0 Å². The molecule has 1 aliphatic rings. The van der Waals surface area contributed by atoms with Crippen LogP contribution in [0.15, 0.2) is 18.3 Å². The van der Waals surface area contributed by atoms with Crippen molar-refractivity contribution in [2.24, 2.45) is 5.92 Å². The van der Waals surface area contributed by atoms with Crippen LogP contribution < -0.4 is 4.90 Å². The summed E-state index contributed by atoms with van der Waals surface area (Å²) in [5.74, 6) is 0.925. The van der Waals surface area contributed by atoms with Crippen molar-refractivity contribution < 1.29 is 0 Å². The van der Waals surface area contributed by atoms with Crippen LogP contribution >= 0.6 is 11.6 Å². The summed E-state index contributed by atoms with van der Waals surface area (Å²) in [5.41, 5.74) is 0. The summed E-state index contributed by atoms with van der Waals surface area (Å²) in [6.07, 6.45) is 1.71. The Kier molecular flexibility index (Phi) is 2.07. The van der Waals surface area contributed by atoms with Crippen molar-refractivity contribution in [3.05, 3.63) is 23.4 Å². The van der Waals surface area contributed by atoms with Crippen molar-refractivity contribution in [2.75, 3.05) is 18.0 Å². The van der Waals surface area contributed by atoms with Gasteiger partial charge in [-0.05, 0) is 12.1 Å². The van der Waals surface area contributed by atoms with Crippen LogP contribution in [0.25, 0.3) is 0 Å². The number of halogens is 1. The van der Waals surface area contributed by atoms with Crippen LogP contribution in [0.5, 0.6) is 0 Å². The molecule has 4 heteroatoms. The van der Waals surface area contributed by atoms with Crippen molar-refractivity contribution in [3.63, 3.8) is 0 Å². The van der Waals surface area contributed by atoms with E-state index < -0.39 is 0 Å². The van der Waals surface area contributed by atoms with Crippen LogP contribution in [0.3, 0.4) is 0 Å². The molecule has 0 spiro atoms. The normalized spacial score (nSPS) is 16.5. The van der Waals surface area contributed by atoms with Gasteiger partial charge in [-0.3, -0.25) is 0 Å². The SMILES string of the molecule is N#CC1CN(c2ncccc2Cl)C1. The molecule has 1 saturated heterocycles. The molecule has 0 atom stereocenters. The second kappa shape index (κ2) is 3.23. The molecule has 1 aromatic rings. The first-order chi connectivity index (χ1) is 6.31. The monoisotopic (exact) mass is 193 g/mol. The zero-order valence-electron chi connectivity index (χ0n) is 6.94. The predicted molar refractivity (Wildman–Crippen MR) is 50.6 cm³/mol. The Morgan fingerprint density at radius 2 is 2.38 bits per heavy atom. The van der Waals surface area contributed by atoms with Gasteiger partial charge in [-0.1, -0.05) is 11.6 Å². The van der Waals surface area contributed by atoms with Gasteiger partial charge >= 0.3 is 0 Å². The molecule has 0 amide bonds. The van der Waals surface area contributed by atoms with Gasteiger partial charge in [0.1, 0.15) is 5.82 Å². The highest BCUT2D eigenvalue weighted by molar-refractivity contribution is 6.32. The Labute approximate surface area is 81.6 Å². The predicted octanol–water partition coefficient (Wildman–Crippen LogP) is 1.69. The van der Waals surface area contributed by atoms with E-state index in [0.29, 0.717) is 5.02 Å². The summed E-state index contributed by atoms with van der Waals surface area (Å²) in [6, 6.07) is 5.82. The molecule has 0 N–H and O–H groups in total. The second-order valence-corrected chi connectivity index (χ2v) is 3.45. The molecule has 0 unspecified atom stereocenters. The van der Waals surface area contributed by atoms with Gasteiger partial charge in [0.15, 0.2) is 0 Å². The summed E-state index contributed by atoms with van der Waals surface area (Å²) in [5, 5.41) is 9.24. The van der Waals surface area contributed by atoms with Gasteiger partial charge in [-0.15, -0.1) is 0 Å². The smallest absolute Gasteiger partial charge is 0.147 e. The first-order valence-electron chi connectivity index (χ1n) is 4.06. The Morgan fingerprint density at radius 3 is 3.00 bits per heavy atom. The quantitative estimate of drug-likeness (QED) is 0.682. The fraction of sp³-hybridized carbons (Fsp3) is 0.333. The minimum atomic E-state index is 0.137. The van der Waals surface area contributed by atoms with Crippen LogP contribution in [-0.4, -0.2) is 18.1 Å². The maximum atomic E-state index is 8.59. The summed E-state index contributed by atoms with van der Waals surface area (Å²) in [6.45, 7) is 1.49. The van der Waals surface area contributed by atoms with E-state index in [-0.39, 0.29) is 5.92 Å². The fourth-order valence-corrected chi connectivity index (χ4v) is 1.58. The number of hydrogen-bond acceptors (Lipinski definition) is 3. The van der Waals surface area contributed by atoms with Crippen LogP contribution in [0.2, 0.25) is 5.02 Å². The van der Waals surface area contributed by atoms with Crippen LogP contribution in [0, 0.1) is 17.2 Å². The lowest BCUT2D eigenvalue weighted by Crippen LogP contribution is -2.46. The minimum Gasteiger partial charge on any atom is -0.353 e. The third-order valence-corrected chi connectivity index (χ3v) is 2.40. The molecule has 2 heterocycles. The van der Waals surface area contributed by atoms with Crippen molar-refractivity contribution in [2.45, 2.75) is 0 Å². The third kappa shape index (κ3) is 1.45. The summed E-state index contributed by atoms with van der Waals surface area (Å²) in [4.78, 5) is 6.16. The molecule has 2 rings (SSSR count). The lowest BCUT2D eigenvalue weighted by molar-refractivity contribution is 0.500. The van der Waals surface area contributed by atoms with Gasteiger partial charge in [0.25, 0.3) is 0 Å². The average molecular weight is 194 g/mol. The first kappa shape index (κ1) is 8.33. The number of pyridine rings is 1. The Bertz CT molecular complexity index is 352. The Morgan fingerprint density at radius 1 is 1.62 bits per heavy atom. The van der Waals surface area contributed by atoms with Crippen LogP contribution in [0.4, 0.5) is 5.82 Å². The topological polar surface area (TPSA) is 39.9 Å². The van der Waals surface area contributed by atoms with Crippen molar-refractivity contribution >= 4 is 17.4 Å². The largest absolute Gasteiger partial charge is 0.353 e. The molecule has 0 aromatic carbocycles. The van der Waals surface area contributed by atoms with E-state index in [1.807, 2.05) is 11.0 Å². The number of nitriles is 1. The van der Waals surface area contributed by atoms with E-state index >= 15 is 0 Å². The molecule has 66 valence electrons. The standard InChI is InChI=1S/C9H8ClN3/c10-8-2-1-3-12-9(8)13-5-7(4-11)6-13/h1-3,7H,5-6H2. The van der Waals surface area contributed by atoms with Gasteiger partial charge in [0.2, 0.25) is 0 Å². The lowest BCUT2D eigenvalue weighted by atomic mass is 10.0. The fourth-order valence-electron chi connectivity index (χ4n) is 1.34. The molecule has 0 bridgehead atoms. The molecule has 1 fully saturated rings. The lowest BCUT2D eigenvalue weighted by Gasteiger charge is -2.36. The van der Waals surface area contributed by atoms with E-state index in [4.69, 9.17) is 16.9 Å². The molecule has 0 aliphatic carbocycles. The maximum Gasteiger partial charge on any atom is 0.147 e. The van der Waals surface area contributed by atoms with Crippen molar-refractivity contribution in [1.82, 2.24) is 4.98 Å². The van der Waals surface area contributed by atoms with E-state index in [1.165, 1.54) is 0 Å². The Balaban J connectivity index is 2.12. The number of rotatable bonds is 1. The van der Waals surface area contributed by atoms with E-state index in [9.17, 15) is 0 Å². The first-order valence-corrected chi connectivity index (χ1v) is 4.44. The number of anilines is 1. The number of hydrogen-bond donors (Lipinski definition) is 0. The number of aromatic nitrogens is 1. The van der Waals surface area contributed by atoms with E-state index in [0.717, 1.165) is 18.9 Å².